The molecule has 1 amide bonds. The number of H-pyrrole nitrogens is 1. The first-order valence-electron chi connectivity index (χ1n) is 7.05. The van der Waals surface area contributed by atoms with E-state index in [2.05, 4.69) is 15.3 Å². The summed E-state index contributed by atoms with van der Waals surface area (Å²) in [7, 11) is 0. The first kappa shape index (κ1) is 14.4. The molecule has 21 heavy (non-hydrogen) atoms. The van der Waals surface area contributed by atoms with E-state index in [1.54, 1.807) is 6.33 Å². The molecule has 2 N–H and O–H groups in total. The SMILES string of the molecule is O=C(C1Cc2nc[nH]c2CN1)N1CCCC(C(F)(F)F)C1. The zero-order valence-electron chi connectivity index (χ0n) is 11.4. The van der Waals surface area contributed by atoms with Crippen molar-refractivity contribution in [3.05, 3.63) is 17.7 Å². The fourth-order valence-corrected chi connectivity index (χ4v) is 3.01. The molecule has 0 aliphatic carbocycles. The first-order valence-corrected chi connectivity index (χ1v) is 7.05. The number of aromatic amines is 1. The molecule has 0 radical (unpaired) electrons. The Kier molecular flexibility index (Phi) is 3.64. The normalized spacial score (nSPS) is 26.5. The molecule has 2 unspecified atom stereocenters. The van der Waals surface area contributed by atoms with E-state index in [-0.39, 0.29) is 18.9 Å². The number of nitrogens with one attached hydrogen (secondary N) is 2. The third-order valence-electron chi connectivity index (χ3n) is 4.22. The monoisotopic (exact) mass is 302 g/mol. The Hall–Kier alpha value is -1.57. The van der Waals surface area contributed by atoms with Gasteiger partial charge in [-0.05, 0) is 12.8 Å². The fraction of sp³-hybridized carbons (Fsp3) is 0.692. The summed E-state index contributed by atoms with van der Waals surface area (Å²) in [6.45, 7) is 0.660. The van der Waals surface area contributed by atoms with Crippen LogP contribution in [0.1, 0.15) is 24.2 Å². The van der Waals surface area contributed by atoms with Crippen LogP contribution in [0.3, 0.4) is 0 Å². The molecule has 1 fully saturated rings. The van der Waals surface area contributed by atoms with E-state index in [0.717, 1.165) is 11.4 Å². The van der Waals surface area contributed by atoms with Gasteiger partial charge in [0.2, 0.25) is 5.91 Å². The van der Waals surface area contributed by atoms with Gasteiger partial charge in [-0.15, -0.1) is 0 Å². The van der Waals surface area contributed by atoms with Crippen molar-refractivity contribution in [2.24, 2.45) is 5.92 Å². The predicted octanol–water partition coefficient (Wildman–Crippen LogP) is 1.22. The van der Waals surface area contributed by atoms with Crippen molar-refractivity contribution < 1.29 is 18.0 Å². The zero-order chi connectivity index (χ0) is 15.0. The van der Waals surface area contributed by atoms with Crippen LogP contribution in [-0.4, -0.2) is 46.1 Å². The van der Waals surface area contributed by atoms with E-state index in [4.69, 9.17) is 0 Å². The van der Waals surface area contributed by atoms with Gasteiger partial charge in [-0.2, -0.15) is 13.2 Å². The Bertz CT molecular complexity index is 528. The quantitative estimate of drug-likeness (QED) is 0.820. The van der Waals surface area contributed by atoms with Gasteiger partial charge in [-0.3, -0.25) is 10.1 Å². The molecule has 0 bridgehead atoms. The van der Waals surface area contributed by atoms with Gasteiger partial charge in [0.25, 0.3) is 0 Å². The lowest BCUT2D eigenvalue weighted by Crippen LogP contribution is -2.53. The van der Waals surface area contributed by atoms with Gasteiger partial charge < -0.3 is 9.88 Å². The van der Waals surface area contributed by atoms with Crippen LogP contribution in [-0.2, 0) is 17.8 Å². The number of likely N-dealkylation sites (tertiary alicyclic amines) is 1. The summed E-state index contributed by atoms with van der Waals surface area (Å²) < 4.78 is 38.4. The lowest BCUT2D eigenvalue weighted by atomic mass is 9.96. The summed E-state index contributed by atoms with van der Waals surface area (Å²) in [5.74, 6) is -1.66. The van der Waals surface area contributed by atoms with Gasteiger partial charge in [0.15, 0.2) is 0 Å². The molecule has 0 spiro atoms. The molecule has 3 heterocycles. The van der Waals surface area contributed by atoms with E-state index < -0.39 is 18.1 Å². The van der Waals surface area contributed by atoms with E-state index >= 15 is 0 Å². The number of fused-ring (bicyclic) bond motifs is 1. The number of alkyl halides is 3. The predicted molar refractivity (Wildman–Crippen MR) is 68.3 cm³/mol. The summed E-state index contributed by atoms with van der Waals surface area (Å²) in [5.41, 5.74) is 1.75. The minimum atomic E-state index is -4.23. The van der Waals surface area contributed by atoms with Crippen molar-refractivity contribution in [2.45, 2.75) is 38.0 Å². The van der Waals surface area contributed by atoms with Crippen LogP contribution in [0.4, 0.5) is 13.2 Å². The number of amides is 1. The van der Waals surface area contributed by atoms with Crippen molar-refractivity contribution >= 4 is 5.91 Å². The zero-order valence-corrected chi connectivity index (χ0v) is 11.4. The van der Waals surface area contributed by atoms with E-state index in [1.165, 1.54) is 4.90 Å². The Morgan fingerprint density at radius 3 is 3.00 bits per heavy atom. The van der Waals surface area contributed by atoms with Crippen LogP contribution in [0.5, 0.6) is 0 Å². The first-order chi connectivity index (χ1) is 9.95. The maximum Gasteiger partial charge on any atom is 0.393 e. The minimum Gasteiger partial charge on any atom is -0.347 e. The summed E-state index contributed by atoms with van der Waals surface area (Å²) >= 11 is 0. The molecule has 1 aromatic rings. The third-order valence-corrected chi connectivity index (χ3v) is 4.22. The van der Waals surface area contributed by atoms with Crippen molar-refractivity contribution in [2.75, 3.05) is 13.1 Å². The summed E-state index contributed by atoms with van der Waals surface area (Å²) in [6.07, 6.45) is -1.73. The molecular weight excluding hydrogens is 285 g/mol. The second-order valence-electron chi connectivity index (χ2n) is 5.63. The number of halogens is 3. The molecule has 0 saturated carbocycles. The van der Waals surface area contributed by atoms with Gasteiger partial charge in [0.05, 0.1) is 29.7 Å². The second-order valence-corrected chi connectivity index (χ2v) is 5.63. The Morgan fingerprint density at radius 2 is 2.24 bits per heavy atom. The molecule has 2 aliphatic rings. The van der Waals surface area contributed by atoms with E-state index in [0.29, 0.717) is 25.9 Å². The van der Waals surface area contributed by atoms with Gasteiger partial charge in [-0.1, -0.05) is 0 Å². The number of piperidine rings is 1. The molecule has 3 rings (SSSR count). The number of hydrogen-bond acceptors (Lipinski definition) is 3. The third kappa shape index (κ3) is 2.90. The van der Waals surface area contributed by atoms with Gasteiger partial charge >= 0.3 is 6.18 Å². The number of aromatic nitrogens is 2. The van der Waals surface area contributed by atoms with Crippen molar-refractivity contribution in [3.63, 3.8) is 0 Å². The number of rotatable bonds is 1. The highest BCUT2D eigenvalue weighted by Gasteiger charge is 2.43. The number of carbonyl (C=O) groups excluding carboxylic acids is 1. The van der Waals surface area contributed by atoms with Gasteiger partial charge in [0, 0.05) is 26.1 Å². The molecule has 0 aromatic carbocycles. The molecule has 8 heteroatoms. The lowest BCUT2D eigenvalue weighted by Gasteiger charge is -2.36. The van der Waals surface area contributed by atoms with Crippen LogP contribution in [0.2, 0.25) is 0 Å². The molecule has 2 atom stereocenters. The van der Waals surface area contributed by atoms with E-state index in [9.17, 15) is 18.0 Å². The number of hydrogen-bond donors (Lipinski definition) is 2. The Labute approximate surface area is 119 Å². The Morgan fingerprint density at radius 1 is 1.43 bits per heavy atom. The highest BCUT2D eigenvalue weighted by atomic mass is 19.4. The lowest BCUT2D eigenvalue weighted by molar-refractivity contribution is -0.188. The highest BCUT2D eigenvalue weighted by Crippen LogP contribution is 2.33. The standard InChI is InChI=1S/C13H17F3N4O/c14-13(15,16)8-2-1-3-20(6-8)12(21)10-4-9-11(5-17-10)19-7-18-9/h7-8,10,17H,1-6H2,(H,18,19). The smallest absolute Gasteiger partial charge is 0.347 e. The molecule has 116 valence electrons. The molecule has 2 aliphatic heterocycles. The maximum atomic E-state index is 12.8. The summed E-state index contributed by atoms with van der Waals surface area (Å²) in [5, 5.41) is 3.07. The molecule has 1 saturated heterocycles. The van der Waals surface area contributed by atoms with Crippen LogP contribution < -0.4 is 5.32 Å². The van der Waals surface area contributed by atoms with Crippen LogP contribution >= 0.6 is 0 Å². The number of nitrogens with zero attached hydrogens (tertiary/aromatic N) is 2. The van der Waals surface area contributed by atoms with Crippen molar-refractivity contribution in [3.8, 4) is 0 Å². The largest absolute Gasteiger partial charge is 0.393 e. The highest BCUT2D eigenvalue weighted by molar-refractivity contribution is 5.82. The van der Waals surface area contributed by atoms with E-state index in [1.807, 2.05) is 0 Å². The van der Waals surface area contributed by atoms with Crippen molar-refractivity contribution in [1.82, 2.24) is 20.2 Å². The van der Waals surface area contributed by atoms with Crippen molar-refractivity contribution in [1.29, 1.82) is 0 Å². The van der Waals surface area contributed by atoms with Crippen LogP contribution in [0.25, 0.3) is 0 Å². The summed E-state index contributed by atoms with van der Waals surface area (Å²) in [6, 6.07) is -0.479. The average Bonchev–Trinajstić information content (AvgIpc) is 2.93. The second kappa shape index (κ2) is 5.32. The molecular formula is C13H17F3N4O. The number of imidazole rings is 1. The average molecular weight is 302 g/mol. The van der Waals surface area contributed by atoms with Gasteiger partial charge in [-0.25, -0.2) is 4.98 Å². The molecule has 1 aromatic heterocycles. The van der Waals surface area contributed by atoms with Crippen LogP contribution in [0, 0.1) is 5.92 Å². The minimum absolute atomic E-state index is 0.106. The van der Waals surface area contributed by atoms with Crippen LogP contribution in [0.15, 0.2) is 6.33 Å². The fourth-order valence-electron chi connectivity index (χ4n) is 3.01. The Balaban J connectivity index is 1.66. The number of carbonyl (C=O) groups is 1. The maximum absolute atomic E-state index is 12.8. The summed E-state index contributed by atoms with van der Waals surface area (Å²) in [4.78, 5) is 20.9. The molecule has 5 nitrogen and oxygen atoms in total. The topological polar surface area (TPSA) is 61.0 Å². The van der Waals surface area contributed by atoms with Gasteiger partial charge in [0.1, 0.15) is 0 Å².